The number of carbonyl (C=O) groups is 1. The Morgan fingerprint density at radius 3 is 2.47 bits per heavy atom. The second-order valence-corrected chi connectivity index (χ2v) is 11.4. The van der Waals surface area contributed by atoms with Crippen LogP contribution in [0.5, 0.6) is 0 Å². The third-order valence-corrected chi connectivity index (χ3v) is 6.80. The summed E-state index contributed by atoms with van der Waals surface area (Å²) in [6, 6.07) is 7.24. The Bertz CT molecular complexity index is 1750. The molecule has 0 bridgehead atoms. The summed E-state index contributed by atoms with van der Waals surface area (Å²) < 4.78 is 84.6. The van der Waals surface area contributed by atoms with Gasteiger partial charge in [0.05, 0.1) is 41.0 Å². The summed E-state index contributed by atoms with van der Waals surface area (Å²) in [5.41, 5.74) is -0.444. The molecule has 0 unspecified atom stereocenters. The van der Waals surface area contributed by atoms with Crippen molar-refractivity contribution in [1.29, 1.82) is 0 Å². The number of rotatable bonds is 9. The van der Waals surface area contributed by atoms with Crippen molar-refractivity contribution in [1.82, 2.24) is 25.3 Å². The van der Waals surface area contributed by atoms with Gasteiger partial charge < -0.3 is 20.4 Å². The zero-order valence-corrected chi connectivity index (χ0v) is 24.2. The fourth-order valence-corrected chi connectivity index (χ4v) is 4.74. The number of methoxy groups -OCH3 is 1. The van der Waals surface area contributed by atoms with Crippen LogP contribution >= 0.6 is 11.6 Å². The third kappa shape index (κ3) is 7.90. The van der Waals surface area contributed by atoms with E-state index in [1.165, 1.54) is 31.5 Å². The van der Waals surface area contributed by atoms with E-state index in [0.29, 0.717) is 0 Å². The van der Waals surface area contributed by atoms with Crippen LogP contribution < -0.4 is 15.4 Å². The fourth-order valence-electron chi connectivity index (χ4n) is 3.88. The van der Waals surface area contributed by atoms with E-state index in [-0.39, 0.29) is 63.3 Å². The molecule has 228 valence electrons. The number of alkyl carbamates (subject to hydrolysis) is 1. The third-order valence-electron chi connectivity index (χ3n) is 5.81. The predicted molar refractivity (Wildman–Crippen MR) is 152 cm³/mol. The van der Waals surface area contributed by atoms with Crippen molar-refractivity contribution in [2.24, 2.45) is 0 Å². The molecule has 17 heteroatoms. The molecule has 2 aromatic carbocycles. The number of amides is 1. The zero-order chi connectivity index (χ0) is 31.5. The topological polar surface area (TPSA) is 151 Å². The number of ether oxygens (including phenoxy) is 1. The monoisotopic (exact) mass is 641 g/mol. The highest BCUT2D eigenvalue weighted by molar-refractivity contribution is 7.92. The Morgan fingerprint density at radius 1 is 1.14 bits per heavy atom. The lowest BCUT2D eigenvalue weighted by molar-refractivity contribution is -0.137. The molecule has 1 atom stereocenters. The number of aromatic amines is 1. The standard InChI is InChI=1S/C26H24ClF4N7O4S/c1-13(34-25(39)42-2)12-33-24-32-9-8-18(35-24)22-21(17-10-16(28)11-19(20(17)27)38-43(3,40)41)36-23(37-22)14-4-6-15(7-5-14)26(29,30)31/h4-11,13,38H,12H2,1-3H3,(H,34,39)(H,36,37)(H,32,33,35)/t13-/m0/s1. The van der Waals surface area contributed by atoms with Crippen LogP contribution in [0.4, 0.5) is 34.0 Å². The zero-order valence-electron chi connectivity index (χ0n) is 22.7. The number of H-pyrrole nitrogens is 1. The quantitative estimate of drug-likeness (QED) is 0.174. The second kappa shape index (κ2) is 12.4. The number of nitrogens with one attached hydrogen (secondary N) is 4. The maximum atomic E-state index is 14.7. The molecule has 2 heterocycles. The summed E-state index contributed by atoms with van der Waals surface area (Å²) in [7, 11) is -2.61. The van der Waals surface area contributed by atoms with Gasteiger partial charge in [0.1, 0.15) is 17.3 Å². The number of hydrogen-bond acceptors (Lipinski definition) is 8. The molecule has 4 rings (SSSR count). The van der Waals surface area contributed by atoms with Gasteiger partial charge >= 0.3 is 12.3 Å². The van der Waals surface area contributed by atoms with Crippen LogP contribution in [0, 0.1) is 5.82 Å². The summed E-state index contributed by atoms with van der Waals surface area (Å²) in [6.45, 7) is 1.92. The van der Waals surface area contributed by atoms with Crippen molar-refractivity contribution < 1.29 is 35.5 Å². The van der Waals surface area contributed by atoms with Crippen LogP contribution in [0.15, 0.2) is 48.7 Å². The van der Waals surface area contributed by atoms with E-state index in [0.717, 1.165) is 30.5 Å². The van der Waals surface area contributed by atoms with Gasteiger partial charge in [-0.2, -0.15) is 13.2 Å². The molecule has 0 aliphatic rings. The first kappa shape index (κ1) is 31.5. The average molecular weight is 642 g/mol. The molecule has 11 nitrogen and oxygen atoms in total. The molecular weight excluding hydrogens is 618 g/mol. The number of alkyl halides is 3. The van der Waals surface area contributed by atoms with Crippen LogP contribution in [-0.4, -0.2) is 60.4 Å². The molecular formula is C26H24ClF4N7O4S. The Kier molecular flexibility index (Phi) is 9.10. The largest absolute Gasteiger partial charge is 0.453 e. The summed E-state index contributed by atoms with van der Waals surface area (Å²) >= 11 is 6.51. The molecule has 0 aliphatic heterocycles. The minimum atomic E-state index is -4.55. The van der Waals surface area contributed by atoms with Gasteiger partial charge in [0, 0.05) is 29.9 Å². The van der Waals surface area contributed by atoms with Crippen molar-refractivity contribution >= 4 is 39.4 Å². The highest BCUT2D eigenvalue weighted by Crippen LogP contribution is 2.40. The van der Waals surface area contributed by atoms with E-state index >= 15 is 0 Å². The van der Waals surface area contributed by atoms with Gasteiger partial charge in [0.2, 0.25) is 16.0 Å². The van der Waals surface area contributed by atoms with Gasteiger partial charge in [-0.3, -0.25) is 4.72 Å². The second-order valence-electron chi connectivity index (χ2n) is 9.26. The van der Waals surface area contributed by atoms with Gasteiger partial charge in [-0.15, -0.1) is 0 Å². The number of sulfonamides is 1. The van der Waals surface area contributed by atoms with Gasteiger partial charge in [0.15, 0.2) is 0 Å². The molecule has 43 heavy (non-hydrogen) atoms. The van der Waals surface area contributed by atoms with E-state index in [4.69, 9.17) is 11.6 Å². The van der Waals surface area contributed by atoms with Crippen LogP contribution in [0.1, 0.15) is 12.5 Å². The van der Waals surface area contributed by atoms with E-state index < -0.39 is 33.7 Å². The van der Waals surface area contributed by atoms with Crippen LogP contribution in [0.3, 0.4) is 0 Å². The molecule has 0 saturated heterocycles. The number of imidazole rings is 1. The molecule has 0 aliphatic carbocycles. The molecule has 0 spiro atoms. The lowest BCUT2D eigenvalue weighted by atomic mass is 10.1. The Balaban J connectivity index is 1.81. The summed E-state index contributed by atoms with van der Waals surface area (Å²) in [4.78, 5) is 27.6. The minimum absolute atomic E-state index is 0.0266. The molecule has 1 amide bonds. The number of nitrogens with zero attached hydrogens (tertiary/aromatic N) is 3. The Hall–Kier alpha value is -4.44. The van der Waals surface area contributed by atoms with E-state index in [1.807, 2.05) is 0 Å². The Morgan fingerprint density at radius 2 is 1.84 bits per heavy atom. The maximum Gasteiger partial charge on any atom is 0.416 e. The Labute approximate surface area is 248 Å². The van der Waals surface area contributed by atoms with E-state index in [9.17, 15) is 30.8 Å². The van der Waals surface area contributed by atoms with Crippen molar-refractivity contribution in [2.45, 2.75) is 19.1 Å². The number of benzene rings is 2. The highest BCUT2D eigenvalue weighted by atomic mass is 35.5. The van der Waals surface area contributed by atoms with Gasteiger partial charge in [-0.25, -0.2) is 32.6 Å². The predicted octanol–water partition coefficient (Wildman–Crippen LogP) is 5.54. The van der Waals surface area contributed by atoms with Crippen molar-refractivity contribution in [3.63, 3.8) is 0 Å². The van der Waals surface area contributed by atoms with Crippen LogP contribution in [-0.2, 0) is 20.9 Å². The smallest absolute Gasteiger partial charge is 0.416 e. The maximum absolute atomic E-state index is 14.7. The molecule has 4 aromatic rings. The van der Waals surface area contributed by atoms with Crippen molar-refractivity contribution in [2.75, 3.05) is 29.9 Å². The first-order valence-corrected chi connectivity index (χ1v) is 14.6. The van der Waals surface area contributed by atoms with Crippen LogP contribution in [0.2, 0.25) is 5.02 Å². The van der Waals surface area contributed by atoms with Crippen molar-refractivity contribution in [3.05, 3.63) is 65.1 Å². The van der Waals surface area contributed by atoms with E-state index in [1.54, 1.807) is 6.92 Å². The summed E-state index contributed by atoms with van der Waals surface area (Å²) in [6.07, 6.45) is -2.90. The molecule has 4 N–H and O–H groups in total. The minimum Gasteiger partial charge on any atom is -0.453 e. The number of halogens is 5. The van der Waals surface area contributed by atoms with Gasteiger partial charge in [0.25, 0.3) is 0 Å². The number of hydrogen-bond donors (Lipinski definition) is 4. The molecule has 0 fully saturated rings. The lowest BCUT2D eigenvalue weighted by Crippen LogP contribution is -2.37. The van der Waals surface area contributed by atoms with Crippen LogP contribution in [0.25, 0.3) is 34.0 Å². The van der Waals surface area contributed by atoms with Crippen molar-refractivity contribution in [3.8, 4) is 34.0 Å². The SMILES string of the molecule is COC(=O)N[C@@H](C)CNc1nccc(-c2[nH]c(-c3ccc(C(F)(F)F)cc3)nc2-c2cc(F)cc(NS(C)(=O)=O)c2Cl)n1. The average Bonchev–Trinajstić information content (AvgIpc) is 3.38. The highest BCUT2D eigenvalue weighted by Gasteiger charge is 2.30. The lowest BCUT2D eigenvalue weighted by Gasteiger charge is -2.14. The number of aromatic nitrogens is 4. The molecule has 2 aromatic heterocycles. The van der Waals surface area contributed by atoms with Gasteiger partial charge in [-0.1, -0.05) is 23.7 Å². The normalized spacial score (nSPS) is 12.5. The summed E-state index contributed by atoms with van der Waals surface area (Å²) in [5, 5.41) is 5.35. The number of carbonyl (C=O) groups excluding carboxylic acids is 1. The number of anilines is 2. The molecule has 0 saturated carbocycles. The first-order chi connectivity index (χ1) is 20.1. The first-order valence-electron chi connectivity index (χ1n) is 12.3. The summed E-state index contributed by atoms with van der Waals surface area (Å²) in [5.74, 6) is -0.606. The molecule has 0 radical (unpaired) electrons. The van der Waals surface area contributed by atoms with Gasteiger partial charge in [-0.05, 0) is 37.3 Å². The fraction of sp³-hybridized carbons (Fsp3) is 0.231. The van der Waals surface area contributed by atoms with E-state index in [2.05, 4.69) is 40.0 Å².